The highest BCUT2D eigenvalue weighted by atomic mass is 32.1. The molecule has 2 aromatic rings. The zero-order valence-corrected chi connectivity index (χ0v) is 16.5. The van der Waals surface area contributed by atoms with Crippen LogP contribution < -0.4 is 14.5 Å². The van der Waals surface area contributed by atoms with Gasteiger partial charge >= 0.3 is 0 Å². The Morgan fingerprint density at radius 3 is 2.65 bits per heavy atom. The Hall–Kier alpha value is -1.86. The first-order valence-electron chi connectivity index (χ1n) is 9.63. The Bertz CT molecular complexity index is 818. The van der Waals surface area contributed by atoms with E-state index in [1.165, 1.54) is 23.4 Å². The molecule has 140 valence electrons. The number of aryl methyl sites for hydroxylation is 1. The zero-order valence-electron chi connectivity index (χ0n) is 15.6. The van der Waals surface area contributed by atoms with E-state index in [1.54, 1.807) is 0 Å². The van der Waals surface area contributed by atoms with E-state index < -0.39 is 0 Å². The largest absolute Gasteiger partial charge is 0.492 e. The Labute approximate surface area is 160 Å². The molecule has 0 bridgehead atoms. The number of hydrogen-bond acceptors (Lipinski definition) is 4. The van der Waals surface area contributed by atoms with Gasteiger partial charge in [0, 0.05) is 6.04 Å². The molecule has 1 aliphatic carbocycles. The van der Waals surface area contributed by atoms with E-state index >= 15 is 0 Å². The molecule has 2 fully saturated rings. The number of quaternary nitrogens is 1. The third-order valence-electron chi connectivity index (χ3n) is 5.30. The van der Waals surface area contributed by atoms with Gasteiger partial charge in [0.2, 0.25) is 4.77 Å². The summed E-state index contributed by atoms with van der Waals surface area (Å²) in [5.74, 6) is 2.04. The number of aromatic nitrogens is 3. The molecular formula is C19H28N5OS+. The predicted molar refractivity (Wildman–Crippen MR) is 105 cm³/mol. The first kappa shape index (κ1) is 17.5. The number of nitrogens with zero attached hydrogens (tertiary/aromatic N) is 4. The second kappa shape index (κ2) is 7.40. The lowest BCUT2D eigenvalue weighted by atomic mass is 10.2. The summed E-state index contributed by atoms with van der Waals surface area (Å²) in [6.07, 6.45) is 2.48. The summed E-state index contributed by atoms with van der Waals surface area (Å²) in [6, 6.07) is 8.94. The van der Waals surface area contributed by atoms with E-state index in [1.807, 2.05) is 17.7 Å². The van der Waals surface area contributed by atoms with Crippen LogP contribution in [-0.2, 0) is 6.67 Å². The topological polar surface area (TPSA) is 39.7 Å². The van der Waals surface area contributed by atoms with E-state index in [2.05, 4.69) is 34.6 Å². The molecule has 0 spiro atoms. The van der Waals surface area contributed by atoms with Crippen molar-refractivity contribution in [3.05, 3.63) is 34.9 Å². The Balaban J connectivity index is 1.40. The number of benzene rings is 1. The number of rotatable bonds is 6. The fourth-order valence-corrected chi connectivity index (χ4v) is 4.20. The molecule has 0 unspecified atom stereocenters. The fourth-order valence-electron chi connectivity index (χ4n) is 3.81. The minimum Gasteiger partial charge on any atom is -0.492 e. The summed E-state index contributed by atoms with van der Waals surface area (Å²) in [6.45, 7) is 9.87. The van der Waals surface area contributed by atoms with Gasteiger partial charge in [-0.05, 0) is 51.0 Å². The Kier molecular flexibility index (Phi) is 5.00. The second-order valence-electron chi connectivity index (χ2n) is 7.23. The van der Waals surface area contributed by atoms with Gasteiger partial charge in [-0.2, -0.15) is 9.78 Å². The summed E-state index contributed by atoms with van der Waals surface area (Å²) in [4.78, 5) is 3.97. The number of hydrogen-bond donors (Lipinski definition) is 1. The van der Waals surface area contributed by atoms with E-state index in [0.29, 0.717) is 12.6 Å². The van der Waals surface area contributed by atoms with Crippen LogP contribution in [0, 0.1) is 11.7 Å². The molecule has 1 aromatic heterocycles. The van der Waals surface area contributed by atoms with Crippen LogP contribution in [0.15, 0.2) is 24.3 Å². The fraction of sp³-hybridized carbons (Fsp3) is 0.579. The quantitative estimate of drug-likeness (QED) is 0.783. The maximum absolute atomic E-state index is 5.79. The van der Waals surface area contributed by atoms with Gasteiger partial charge < -0.3 is 19.1 Å². The van der Waals surface area contributed by atoms with Gasteiger partial charge in [0.15, 0.2) is 6.67 Å². The van der Waals surface area contributed by atoms with Crippen LogP contribution in [0.2, 0.25) is 0 Å². The summed E-state index contributed by atoms with van der Waals surface area (Å²) >= 11 is 5.67. The molecule has 1 aromatic carbocycles. The molecule has 0 atom stereocenters. The van der Waals surface area contributed by atoms with E-state index in [-0.39, 0.29) is 0 Å². The average molecular weight is 375 g/mol. The highest BCUT2D eigenvalue weighted by molar-refractivity contribution is 7.71. The summed E-state index contributed by atoms with van der Waals surface area (Å²) in [7, 11) is 0. The van der Waals surface area contributed by atoms with Gasteiger partial charge in [-0.25, -0.2) is 0 Å². The molecule has 1 saturated carbocycles. The number of ether oxygens (including phenoxy) is 1. The van der Waals surface area contributed by atoms with Crippen molar-refractivity contribution in [1.82, 2.24) is 14.3 Å². The van der Waals surface area contributed by atoms with Crippen molar-refractivity contribution in [3.8, 4) is 5.75 Å². The molecule has 1 N–H and O–H groups in total. The van der Waals surface area contributed by atoms with Crippen LogP contribution in [0.1, 0.15) is 31.6 Å². The lowest BCUT2D eigenvalue weighted by Crippen LogP contribution is -3.14. The van der Waals surface area contributed by atoms with Crippen molar-refractivity contribution in [1.29, 1.82) is 0 Å². The van der Waals surface area contributed by atoms with E-state index in [4.69, 9.17) is 22.1 Å². The molecule has 4 rings (SSSR count). The van der Waals surface area contributed by atoms with Crippen molar-refractivity contribution < 1.29 is 9.64 Å². The van der Waals surface area contributed by atoms with E-state index in [0.717, 1.165) is 49.2 Å². The lowest BCUT2D eigenvalue weighted by Gasteiger charge is -2.34. The summed E-state index contributed by atoms with van der Waals surface area (Å²) in [5, 5.41) is 4.70. The molecule has 26 heavy (non-hydrogen) atoms. The van der Waals surface area contributed by atoms with Gasteiger partial charge in [0.1, 0.15) is 11.6 Å². The summed E-state index contributed by atoms with van der Waals surface area (Å²) in [5.41, 5.74) is 1.21. The average Bonchev–Trinajstić information content (AvgIpc) is 3.43. The maximum atomic E-state index is 5.79. The second-order valence-corrected chi connectivity index (χ2v) is 7.59. The van der Waals surface area contributed by atoms with E-state index in [9.17, 15) is 0 Å². The molecule has 2 heterocycles. The minimum atomic E-state index is 0.596. The first-order valence-corrected chi connectivity index (χ1v) is 10.0. The lowest BCUT2D eigenvalue weighted by molar-refractivity contribution is -0.924. The van der Waals surface area contributed by atoms with Gasteiger partial charge in [0.05, 0.1) is 38.5 Å². The molecule has 0 radical (unpaired) electrons. The third kappa shape index (κ3) is 3.50. The zero-order chi connectivity index (χ0) is 18.1. The van der Waals surface area contributed by atoms with Crippen LogP contribution in [0.25, 0.3) is 0 Å². The molecule has 0 amide bonds. The van der Waals surface area contributed by atoms with Gasteiger partial charge in [-0.3, -0.25) is 0 Å². The monoisotopic (exact) mass is 374 g/mol. The van der Waals surface area contributed by atoms with Crippen molar-refractivity contribution in [2.24, 2.45) is 0 Å². The van der Waals surface area contributed by atoms with Crippen molar-refractivity contribution in [2.45, 2.75) is 39.4 Å². The number of anilines is 1. The van der Waals surface area contributed by atoms with Crippen LogP contribution >= 0.6 is 12.2 Å². The van der Waals surface area contributed by atoms with Crippen LogP contribution in [0.4, 0.5) is 5.69 Å². The van der Waals surface area contributed by atoms with Crippen LogP contribution in [0.3, 0.4) is 0 Å². The molecule has 2 aliphatic rings. The standard InChI is InChI=1S/C19H27N5OS/c1-3-25-18-7-5-4-6-17(18)22-12-10-21(11-13-22)14-23-19(26)24(15(2)20-23)16-8-9-16/h4-7,16H,3,8-14H2,1-2H3/p+1. The van der Waals surface area contributed by atoms with Gasteiger partial charge in [-0.15, -0.1) is 0 Å². The smallest absolute Gasteiger partial charge is 0.203 e. The number of para-hydroxylation sites is 2. The molecule has 7 heteroatoms. The minimum absolute atomic E-state index is 0.596. The Morgan fingerprint density at radius 1 is 1.23 bits per heavy atom. The molecule has 1 aliphatic heterocycles. The van der Waals surface area contributed by atoms with Crippen molar-refractivity contribution >= 4 is 17.9 Å². The molecular weight excluding hydrogens is 346 g/mol. The van der Waals surface area contributed by atoms with Crippen LogP contribution in [0.5, 0.6) is 5.75 Å². The Morgan fingerprint density at radius 2 is 1.96 bits per heavy atom. The van der Waals surface area contributed by atoms with Gasteiger partial charge in [0.25, 0.3) is 0 Å². The molecule has 1 saturated heterocycles. The van der Waals surface area contributed by atoms with Crippen molar-refractivity contribution in [2.75, 3.05) is 37.7 Å². The van der Waals surface area contributed by atoms with Crippen LogP contribution in [-0.4, -0.2) is 47.1 Å². The molecule has 6 nitrogen and oxygen atoms in total. The normalized spacial score (nSPS) is 18.3. The van der Waals surface area contributed by atoms with Gasteiger partial charge in [-0.1, -0.05) is 12.1 Å². The van der Waals surface area contributed by atoms with Crippen molar-refractivity contribution in [3.63, 3.8) is 0 Å². The highest BCUT2D eigenvalue weighted by Gasteiger charge is 2.28. The number of piperazine rings is 1. The maximum Gasteiger partial charge on any atom is 0.203 e. The first-order chi connectivity index (χ1) is 12.7. The predicted octanol–water partition coefficient (Wildman–Crippen LogP) is 1.82. The SMILES string of the molecule is CCOc1ccccc1N1CC[NH+](Cn2nc(C)n(C3CC3)c2=S)CC1. The third-order valence-corrected chi connectivity index (χ3v) is 5.71. The summed E-state index contributed by atoms with van der Waals surface area (Å²) < 4.78 is 11.0. The highest BCUT2D eigenvalue weighted by Crippen LogP contribution is 2.35. The number of nitrogens with one attached hydrogen (secondary N) is 1.